The summed E-state index contributed by atoms with van der Waals surface area (Å²) < 4.78 is 0. The van der Waals surface area contributed by atoms with Crippen molar-refractivity contribution in [2.75, 3.05) is 5.88 Å². The van der Waals surface area contributed by atoms with Gasteiger partial charge in [-0.2, -0.15) is 0 Å². The molecule has 0 heterocycles. The van der Waals surface area contributed by atoms with E-state index >= 15 is 0 Å². The summed E-state index contributed by atoms with van der Waals surface area (Å²) in [6.45, 7) is 8.53. The standard InChI is InChI=1S/C15H22ClNO/c1-10(2)12-5-7-13(8-6-12)15(11(3)4)17-14(18)9-16/h5-8,10-11,15H,9H2,1-4H3,(H,17,18). The van der Waals surface area contributed by atoms with Crippen molar-refractivity contribution in [3.63, 3.8) is 0 Å². The van der Waals surface area contributed by atoms with E-state index in [0.29, 0.717) is 11.8 Å². The molecule has 1 unspecified atom stereocenters. The molecule has 0 radical (unpaired) electrons. The molecular weight excluding hydrogens is 246 g/mol. The van der Waals surface area contributed by atoms with E-state index in [9.17, 15) is 4.79 Å². The van der Waals surface area contributed by atoms with Gasteiger partial charge < -0.3 is 5.32 Å². The maximum Gasteiger partial charge on any atom is 0.235 e. The highest BCUT2D eigenvalue weighted by molar-refractivity contribution is 6.27. The van der Waals surface area contributed by atoms with Crippen molar-refractivity contribution in [1.29, 1.82) is 0 Å². The zero-order valence-corrected chi connectivity index (χ0v) is 12.3. The third kappa shape index (κ3) is 4.02. The Morgan fingerprint density at radius 1 is 1.11 bits per heavy atom. The van der Waals surface area contributed by atoms with Gasteiger partial charge >= 0.3 is 0 Å². The lowest BCUT2D eigenvalue weighted by Crippen LogP contribution is -2.32. The summed E-state index contributed by atoms with van der Waals surface area (Å²) in [5, 5.41) is 2.96. The number of rotatable bonds is 5. The third-order valence-electron chi connectivity index (χ3n) is 3.07. The fraction of sp³-hybridized carbons (Fsp3) is 0.533. The number of carbonyl (C=O) groups excluding carboxylic acids is 1. The van der Waals surface area contributed by atoms with Gasteiger partial charge in [-0.15, -0.1) is 11.6 Å². The average Bonchev–Trinajstić information content (AvgIpc) is 2.35. The molecule has 0 fully saturated rings. The second kappa shape index (κ2) is 6.79. The third-order valence-corrected chi connectivity index (χ3v) is 3.31. The van der Waals surface area contributed by atoms with Crippen molar-refractivity contribution in [1.82, 2.24) is 5.32 Å². The minimum atomic E-state index is -0.122. The normalized spacial score (nSPS) is 12.8. The largest absolute Gasteiger partial charge is 0.348 e. The fourth-order valence-corrected chi connectivity index (χ4v) is 2.01. The fourth-order valence-electron chi connectivity index (χ4n) is 1.94. The van der Waals surface area contributed by atoms with Gasteiger partial charge in [-0.1, -0.05) is 52.0 Å². The Labute approximate surface area is 115 Å². The van der Waals surface area contributed by atoms with Gasteiger partial charge in [-0.25, -0.2) is 0 Å². The molecule has 1 amide bonds. The number of alkyl halides is 1. The average molecular weight is 268 g/mol. The quantitative estimate of drug-likeness (QED) is 0.807. The van der Waals surface area contributed by atoms with E-state index in [1.165, 1.54) is 5.56 Å². The minimum Gasteiger partial charge on any atom is -0.348 e. The second-order valence-corrected chi connectivity index (χ2v) is 5.51. The van der Waals surface area contributed by atoms with Crippen LogP contribution in [0.5, 0.6) is 0 Å². The van der Waals surface area contributed by atoms with E-state index < -0.39 is 0 Å². The molecule has 1 atom stereocenters. The highest BCUT2D eigenvalue weighted by Crippen LogP contribution is 2.24. The Hall–Kier alpha value is -1.02. The van der Waals surface area contributed by atoms with E-state index in [2.05, 4.69) is 57.3 Å². The molecular formula is C15H22ClNO. The van der Waals surface area contributed by atoms with Gasteiger partial charge in [-0.05, 0) is 23.0 Å². The number of hydrogen-bond acceptors (Lipinski definition) is 1. The Kier molecular flexibility index (Phi) is 5.67. The summed E-state index contributed by atoms with van der Waals surface area (Å²) in [4.78, 5) is 11.4. The van der Waals surface area contributed by atoms with Crippen molar-refractivity contribution in [2.45, 2.75) is 39.7 Å². The zero-order valence-electron chi connectivity index (χ0n) is 11.5. The van der Waals surface area contributed by atoms with E-state index in [4.69, 9.17) is 11.6 Å². The molecule has 1 N–H and O–H groups in total. The Bertz CT molecular complexity index is 384. The first kappa shape index (κ1) is 15.0. The molecule has 0 aliphatic heterocycles. The van der Waals surface area contributed by atoms with Crippen molar-refractivity contribution < 1.29 is 4.79 Å². The lowest BCUT2D eigenvalue weighted by molar-refractivity contribution is -0.119. The molecule has 0 saturated carbocycles. The van der Waals surface area contributed by atoms with Gasteiger partial charge in [0.2, 0.25) is 5.91 Å². The monoisotopic (exact) mass is 267 g/mol. The molecule has 0 aliphatic carbocycles. The van der Waals surface area contributed by atoms with E-state index in [1.807, 2.05) is 0 Å². The molecule has 2 nitrogen and oxygen atoms in total. The predicted molar refractivity (Wildman–Crippen MR) is 77.0 cm³/mol. The van der Waals surface area contributed by atoms with Crippen LogP contribution in [0, 0.1) is 5.92 Å². The van der Waals surface area contributed by atoms with Gasteiger partial charge in [0.25, 0.3) is 0 Å². The molecule has 0 bridgehead atoms. The van der Waals surface area contributed by atoms with Gasteiger partial charge in [-0.3, -0.25) is 4.79 Å². The van der Waals surface area contributed by atoms with Crippen molar-refractivity contribution >= 4 is 17.5 Å². The zero-order chi connectivity index (χ0) is 13.7. The second-order valence-electron chi connectivity index (χ2n) is 5.24. The van der Waals surface area contributed by atoms with Crippen LogP contribution >= 0.6 is 11.6 Å². The summed E-state index contributed by atoms with van der Waals surface area (Å²) in [7, 11) is 0. The Morgan fingerprint density at radius 2 is 1.61 bits per heavy atom. The molecule has 0 spiro atoms. The first-order chi connectivity index (χ1) is 8.45. The number of amides is 1. The Balaban J connectivity index is 2.89. The topological polar surface area (TPSA) is 29.1 Å². The van der Waals surface area contributed by atoms with Crippen LogP contribution in [0.4, 0.5) is 0 Å². The Morgan fingerprint density at radius 3 is 2.00 bits per heavy atom. The number of benzene rings is 1. The molecule has 1 aromatic rings. The minimum absolute atomic E-state index is 0.00724. The van der Waals surface area contributed by atoms with Gasteiger partial charge in [0.15, 0.2) is 0 Å². The maximum absolute atomic E-state index is 11.4. The van der Waals surface area contributed by atoms with Crippen LogP contribution in [-0.2, 0) is 4.79 Å². The van der Waals surface area contributed by atoms with Crippen LogP contribution in [0.2, 0.25) is 0 Å². The molecule has 0 saturated heterocycles. The van der Waals surface area contributed by atoms with Crippen molar-refractivity contribution in [3.8, 4) is 0 Å². The summed E-state index contributed by atoms with van der Waals surface area (Å²) >= 11 is 5.54. The highest BCUT2D eigenvalue weighted by atomic mass is 35.5. The first-order valence-electron chi connectivity index (χ1n) is 6.41. The molecule has 1 aromatic carbocycles. The van der Waals surface area contributed by atoms with E-state index in [-0.39, 0.29) is 17.8 Å². The SMILES string of the molecule is CC(C)c1ccc(C(NC(=O)CCl)C(C)C)cc1. The van der Waals surface area contributed by atoms with Crippen LogP contribution in [0.3, 0.4) is 0 Å². The summed E-state index contributed by atoms with van der Waals surface area (Å²) in [5.41, 5.74) is 2.44. The first-order valence-corrected chi connectivity index (χ1v) is 6.94. The summed E-state index contributed by atoms with van der Waals surface area (Å²) in [6, 6.07) is 8.46. The molecule has 1 rings (SSSR count). The summed E-state index contributed by atoms with van der Waals surface area (Å²) in [5.74, 6) is 0.743. The molecule has 18 heavy (non-hydrogen) atoms. The van der Waals surface area contributed by atoms with Crippen LogP contribution in [0.25, 0.3) is 0 Å². The predicted octanol–water partition coefficient (Wildman–Crippen LogP) is 3.86. The van der Waals surface area contributed by atoms with Crippen LogP contribution in [0.15, 0.2) is 24.3 Å². The summed E-state index contributed by atoms with van der Waals surface area (Å²) in [6.07, 6.45) is 0. The van der Waals surface area contributed by atoms with Crippen LogP contribution < -0.4 is 5.32 Å². The van der Waals surface area contributed by atoms with E-state index in [1.54, 1.807) is 0 Å². The molecule has 100 valence electrons. The van der Waals surface area contributed by atoms with Gasteiger partial charge in [0, 0.05) is 0 Å². The molecule has 3 heteroatoms. The van der Waals surface area contributed by atoms with Crippen molar-refractivity contribution in [2.24, 2.45) is 5.92 Å². The number of carbonyl (C=O) groups is 1. The number of halogens is 1. The highest BCUT2D eigenvalue weighted by Gasteiger charge is 2.17. The number of nitrogens with one attached hydrogen (secondary N) is 1. The van der Waals surface area contributed by atoms with Crippen LogP contribution in [0.1, 0.15) is 50.8 Å². The van der Waals surface area contributed by atoms with Gasteiger partial charge in [0.05, 0.1) is 6.04 Å². The molecule has 0 aliphatic rings. The smallest absolute Gasteiger partial charge is 0.235 e. The van der Waals surface area contributed by atoms with Crippen LogP contribution in [-0.4, -0.2) is 11.8 Å². The maximum atomic E-state index is 11.4. The lowest BCUT2D eigenvalue weighted by Gasteiger charge is -2.23. The molecule has 0 aromatic heterocycles. The van der Waals surface area contributed by atoms with Gasteiger partial charge in [0.1, 0.15) is 5.88 Å². The lowest BCUT2D eigenvalue weighted by atomic mass is 9.93. The van der Waals surface area contributed by atoms with Crippen molar-refractivity contribution in [3.05, 3.63) is 35.4 Å². The van der Waals surface area contributed by atoms with E-state index in [0.717, 1.165) is 5.56 Å². The number of hydrogen-bond donors (Lipinski definition) is 1.